The molecule has 1 saturated heterocycles. The van der Waals surface area contributed by atoms with Crippen molar-refractivity contribution in [3.8, 4) is 5.75 Å². The number of Topliss-reactive ketones (excluding diaryl/α,β-unsaturated/α-hetero) is 1. The van der Waals surface area contributed by atoms with Crippen molar-refractivity contribution in [2.45, 2.75) is 66.1 Å². The molecule has 1 aromatic carbocycles. The van der Waals surface area contributed by atoms with Crippen molar-refractivity contribution in [1.82, 2.24) is 0 Å². The fourth-order valence-electron chi connectivity index (χ4n) is 2.31. The fraction of sp³-hybridized carbons (Fsp3) is 0.640. The summed E-state index contributed by atoms with van der Waals surface area (Å²) in [6.45, 7) is 12.1. The van der Waals surface area contributed by atoms with Crippen LogP contribution in [0.5, 0.6) is 5.75 Å². The lowest BCUT2D eigenvalue weighted by atomic mass is 9.97. The summed E-state index contributed by atoms with van der Waals surface area (Å²) in [5.41, 5.74) is -0.977. The van der Waals surface area contributed by atoms with E-state index in [1.165, 1.54) is 13.8 Å². The van der Waals surface area contributed by atoms with E-state index in [0.717, 1.165) is 19.4 Å². The molecule has 2 rings (SSSR count). The van der Waals surface area contributed by atoms with Crippen LogP contribution in [0.4, 0.5) is 0 Å². The van der Waals surface area contributed by atoms with Crippen molar-refractivity contribution in [2.75, 3.05) is 26.4 Å². The molecule has 3 unspecified atom stereocenters. The van der Waals surface area contributed by atoms with Gasteiger partial charge in [-0.2, -0.15) is 0 Å². The Hall–Kier alpha value is -2.45. The van der Waals surface area contributed by atoms with Gasteiger partial charge in [-0.15, -0.1) is 0 Å². The van der Waals surface area contributed by atoms with Crippen LogP contribution >= 0.6 is 0 Å². The maximum absolute atomic E-state index is 11.9. The molecule has 33 heavy (non-hydrogen) atoms. The number of esters is 2. The molecule has 1 aromatic rings. The van der Waals surface area contributed by atoms with E-state index in [-0.39, 0.29) is 48.9 Å². The van der Waals surface area contributed by atoms with Gasteiger partial charge in [-0.05, 0) is 51.0 Å². The third-order valence-corrected chi connectivity index (χ3v) is 5.11. The van der Waals surface area contributed by atoms with Gasteiger partial charge in [-0.1, -0.05) is 27.7 Å². The average Bonchev–Trinajstić information content (AvgIpc) is 3.63. The van der Waals surface area contributed by atoms with Crippen molar-refractivity contribution in [3.63, 3.8) is 0 Å². The third-order valence-electron chi connectivity index (χ3n) is 5.11. The topological polar surface area (TPSA) is 112 Å². The second-order valence-electron chi connectivity index (χ2n) is 8.63. The van der Waals surface area contributed by atoms with Crippen LogP contribution in [0.3, 0.4) is 0 Å². The van der Waals surface area contributed by atoms with Crippen molar-refractivity contribution in [3.05, 3.63) is 29.8 Å². The van der Waals surface area contributed by atoms with Gasteiger partial charge in [0.1, 0.15) is 37.3 Å². The van der Waals surface area contributed by atoms with Crippen LogP contribution in [0.25, 0.3) is 0 Å². The van der Waals surface area contributed by atoms with Gasteiger partial charge in [0, 0.05) is 5.56 Å². The first-order valence-electron chi connectivity index (χ1n) is 11.4. The highest BCUT2D eigenvalue weighted by molar-refractivity contribution is 6.01. The predicted molar refractivity (Wildman–Crippen MR) is 123 cm³/mol. The fourth-order valence-corrected chi connectivity index (χ4v) is 2.31. The lowest BCUT2D eigenvalue weighted by Gasteiger charge is -2.15. The molecule has 0 aromatic heterocycles. The minimum absolute atomic E-state index is 0.0220. The molecule has 0 amide bonds. The van der Waals surface area contributed by atoms with Crippen molar-refractivity contribution in [1.29, 1.82) is 0 Å². The summed E-state index contributed by atoms with van der Waals surface area (Å²) in [6, 6.07) is 6.49. The number of ether oxygens (including phenoxy) is 4. The SMILES string of the molecule is CCC(C)C(=O)OCC1CO1.CCC(C)C(=O)OCCOc1ccc(C(=O)C(C)(C)O)cc1. The second-order valence-corrected chi connectivity index (χ2v) is 8.63. The Morgan fingerprint density at radius 2 is 1.52 bits per heavy atom. The van der Waals surface area contributed by atoms with Crippen LogP contribution in [0.1, 0.15) is 64.7 Å². The largest absolute Gasteiger partial charge is 0.490 e. The third kappa shape index (κ3) is 11.3. The summed E-state index contributed by atoms with van der Waals surface area (Å²) in [6.07, 6.45) is 1.77. The highest BCUT2D eigenvalue weighted by Crippen LogP contribution is 2.17. The van der Waals surface area contributed by atoms with Crippen molar-refractivity contribution in [2.24, 2.45) is 11.8 Å². The molecule has 1 aliphatic rings. The van der Waals surface area contributed by atoms with Crippen LogP contribution in [-0.2, 0) is 23.8 Å². The van der Waals surface area contributed by atoms with Gasteiger partial charge >= 0.3 is 11.9 Å². The van der Waals surface area contributed by atoms with Gasteiger partial charge in [0.15, 0.2) is 5.78 Å². The predicted octanol–water partition coefficient (Wildman–Crippen LogP) is 3.58. The molecule has 1 heterocycles. The first kappa shape index (κ1) is 28.6. The maximum atomic E-state index is 11.9. The molecular formula is C25H38O8. The van der Waals surface area contributed by atoms with Gasteiger partial charge in [0.05, 0.1) is 18.4 Å². The van der Waals surface area contributed by atoms with E-state index in [2.05, 4.69) is 0 Å². The standard InChI is InChI=1S/C17H24O5.C8H14O3/c1-5-12(2)16(19)22-11-10-21-14-8-6-13(7-9-14)15(18)17(3,4)20;1-3-6(2)8(9)11-5-7-4-10-7/h6-9,12,20H,5,10-11H2,1-4H3;6-7H,3-5H2,1-2H3. The first-order chi connectivity index (χ1) is 15.5. The molecule has 1 fully saturated rings. The highest BCUT2D eigenvalue weighted by atomic mass is 16.6. The molecule has 0 saturated carbocycles. The average molecular weight is 467 g/mol. The first-order valence-corrected chi connectivity index (χ1v) is 11.4. The Kier molecular flexibility index (Phi) is 12.1. The zero-order valence-corrected chi connectivity index (χ0v) is 20.6. The van der Waals surface area contributed by atoms with E-state index in [1.807, 2.05) is 27.7 Å². The van der Waals surface area contributed by atoms with E-state index in [9.17, 15) is 19.5 Å². The zero-order chi connectivity index (χ0) is 25.0. The minimum atomic E-state index is -1.40. The Morgan fingerprint density at radius 1 is 1.00 bits per heavy atom. The number of carbonyl (C=O) groups is 3. The van der Waals surface area contributed by atoms with E-state index >= 15 is 0 Å². The molecule has 0 aliphatic carbocycles. The highest BCUT2D eigenvalue weighted by Gasteiger charge is 2.25. The minimum Gasteiger partial charge on any atom is -0.490 e. The number of benzene rings is 1. The van der Waals surface area contributed by atoms with Gasteiger partial charge in [-0.3, -0.25) is 14.4 Å². The van der Waals surface area contributed by atoms with Gasteiger partial charge in [0.2, 0.25) is 0 Å². The summed E-state index contributed by atoms with van der Waals surface area (Å²) < 4.78 is 20.4. The number of carbonyl (C=O) groups excluding carboxylic acids is 3. The monoisotopic (exact) mass is 466 g/mol. The van der Waals surface area contributed by atoms with E-state index < -0.39 is 5.60 Å². The van der Waals surface area contributed by atoms with Crippen molar-refractivity contribution >= 4 is 17.7 Å². The summed E-state index contributed by atoms with van der Waals surface area (Å²) in [7, 11) is 0. The second kappa shape index (κ2) is 14.0. The molecule has 0 spiro atoms. The van der Waals surface area contributed by atoms with Gasteiger partial charge in [0.25, 0.3) is 0 Å². The lowest BCUT2D eigenvalue weighted by molar-refractivity contribution is -0.149. The Morgan fingerprint density at radius 3 is 1.97 bits per heavy atom. The number of hydrogen-bond acceptors (Lipinski definition) is 8. The van der Waals surface area contributed by atoms with Crippen LogP contribution < -0.4 is 4.74 Å². The summed E-state index contributed by atoms with van der Waals surface area (Å²) in [5.74, 6) is -0.186. The van der Waals surface area contributed by atoms with Crippen molar-refractivity contribution < 1.29 is 38.4 Å². The molecule has 0 bridgehead atoms. The quantitative estimate of drug-likeness (QED) is 0.215. The number of rotatable bonds is 12. The molecule has 0 radical (unpaired) electrons. The smallest absolute Gasteiger partial charge is 0.308 e. The molecule has 1 aliphatic heterocycles. The molecule has 1 N–H and O–H groups in total. The van der Waals surface area contributed by atoms with Crippen LogP contribution in [-0.4, -0.2) is 61.0 Å². The summed E-state index contributed by atoms with van der Waals surface area (Å²) >= 11 is 0. The molecule has 186 valence electrons. The Bertz CT molecular complexity index is 747. The van der Waals surface area contributed by atoms with Crippen LogP contribution in [0.15, 0.2) is 24.3 Å². The normalized spacial score (nSPS) is 16.5. The number of epoxide rings is 1. The van der Waals surface area contributed by atoms with E-state index in [0.29, 0.717) is 17.9 Å². The molecule has 3 atom stereocenters. The zero-order valence-electron chi connectivity index (χ0n) is 20.6. The summed E-state index contributed by atoms with van der Waals surface area (Å²) in [4.78, 5) is 34.3. The summed E-state index contributed by atoms with van der Waals surface area (Å²) in [5, 5.41) is 9.67. The van der Waals surface area contributed by atoms with Gasteiger partial charge in [-0.25, -0.2) is 0 Å². The van der Waals surface area contributed by atoms with Crippen LogP contribution in [0.2, 0.25) is 0 Å². The Labute approximate surface area is 196 Å². The Balaban J connectivity index is 0.000000412. The lowest BCUT2D eigenvalue weighted by Crippen LogP contribution is -2.30. The van der Waals surface area contributed by atoms with Gasteiger partial charge < -0.3 is 24.1 Å². The van der Waals surface area contributed by atoms with E-state index in [1.54, 1.807) is 24.3 Å². The van der Waals surface area contributed by atoms with Crippen LogP contribution in [0, 0.1) is 11.8 Å². The van der Waals surface area contributed by atoms with E-state index in [4.69, 9.17) is 18.9 Å². The molecule has 8 heteroatoms. The number of hydrogen-bond donors (Lipinski definition) is 1. The molecular weight excluding hydrogens is 428 g/mol. The number of ketones is 1. The number of aliphatic hydroxyl groups is 1. The molecule has 8 nitrogen and oxygen atoms in total. The maximum Gasteiger partial charge on any atom is 0.308 e.